The molecule has 0 saturated carbocycles. The number of oxazole rings is 1. The molecule has 0 aliphatic carbocycles. The molecule has 146 valence electrons. The highest BCUT2D eigenvalue weighted by molar-refractivity contribution is 5.79. The molecular formula is C23H26N2O3. The Morgan fingerprint density at radius 3 is 2.54 bits per heavy atom. The number of carbonyl (C=O) groups excluding carboxylic acids is 1. The molecule has 0 unspecified atom stereocenters. The molecule has 0 radical (unpaired) electrons. The van der Waals surface area contributed by atoms with Gasteiger partial charge in [0.05, 0.1) is 5.52 Å². The number of aromatic nitrogens is 1. The number of rotatable bonds is 5. The predicted molar refractivity (Wildman–Crippen MR) is 109 cm³/mol. The molecule has 4 rings (SSSR count). The number of likely N-dealkylation sites (tertiary alicyclic amines) is 1. The molecule has 0 bridgehead atoms. The first-order valence-corrected chi connectivity index (χ1v) is 10.0. The normalized spacial score (nSPS) is 15.2. The van der Waals surface area contributed by atoms with Crippen LogP contribution in [0, 0.1) is 12.8 Å². The smallest absolute Gasteiger partial charge is 0.408 e. The molecule has 1 amide bonds. The maximum absolute atomic E-state index is 12.7. The summed E-state index contributed by atoms with van der Waals surface area (Å²) >= 11 is 0. The van der Waals surface area contributed by atoms with Gasteiger partial charge in [-0.3, -0.25) is 9.36 Å². The van der Waals surface area contributed by atoms with Gasteiger partial charge in [0.25, 0.3) is 0 Å². The average Bonchev–Trinajstić information content (AvgIpc) is 3.03. The largest absolute Gasteiger partial charge is 0.420 e. The van der Waals surface area contributed by atoms with E-state index in [0.29, 0.717) is 17.0 Å². The van der Waals surface area contributed by atoms with E-state index in [1.807, 2.05) is 23.1 Å². The maximum atomic E-state index is 12.7. The number of hydrogen-bond acceptors (Lipinski definition) is 3. The van der Waals surface area contributed by atoms with Crippen LogP contribution in [0.1, 0.15) is 30.4 Å². The van der Waals surface area contributed by atoms with E-state index in [0.717, 1.165) is 38.8 Å². The third-order valence-corrected chi connectivity index (χ3v) is 5.80. The highest BCUT2D eigenvalue weighted by Crippen LogP contribution is 2.23. The number of carbonyl (C=O) groups is 1. The quantitative estimate of drug-likeness (QED) is 0.679. The van der Waals surface area contributed by atoms with Crippen molar-refractivity contribution in [2.24, 2.45) is 5.92 Å². The Balaban J connectivity index is 1.31. The highest BCUT2D eigenvalue weighted by atomic mass is 16.4. The Bertz CT molecular complexity index is 1010. The molecule has 3 aromatic rings. The summed E-state index contributed by atoms with van der Waals surface area (Å²) in [4.78, 5) is 26.7. The first-order chi connectivity index (χ1) is 13.6. The van der Waals surface area contributed by atoms with Crippen LogP contribution in [-0.4, -0.2) is 28.5 Å². The molecule has 5 heteroatoms. The minimum atomic E-state index is -0.470. The fourth-order valence-corrected chi connectivity index (χ4v) is 4.00. The van der Waals surface area contributed by atoms with Crippen molar-refractivity contribution in [2.45, 2.75) is 39.2 Å². The summed E-state index contributed by atoms with van der Waals surface area (Å²) in [6, 6.07) is 16.0. The van der Waals surface area contributed by atoms with E-state index in [9.17, 15) is 9.59 Å². The van der Waals surface area contributed by atoms with E-state index < -0.39 is 5.76 Å². The molecule has 2 aromatic carbocycles. The molecule has 1 aromatic heterocycles. The average molecular weight is 378 g/mol. The third kappa shape index (κ3) is 4.03. The first-order valence-electron chi connectivity index (χ1n) is 10.0. The van der Waals surface area contributed by atoms with Crippen LogP contribution in [-0.2, 0) is 17.8 Å². The Morgan fingerprint density at radius 2 is 1.79 bits per heavy atom. The lowest BCUT2D eigenvalue weighted by Gasteiger charge is -2.32. The van der Waals surface area contributed by atoms with Gasteiger partial charge in [-0.1, -0.05) is 42.0 Å². The van der Waals surface area contributed by atoms with Gasteiger partial charge in [0.1, 0.15) is 6.54 Å². The van der Waals surface area contributed by atoms with Gasteiger partial charge in [0.15, 0.2) is 5.58 Å². The molecule has 28 heavy (non-hydrogen) atoms. The zero-order valence-electron chi connectivity index (χ0n) is 16.3. The molecule has 1 aliphatic rings. The summed E-state index contributed by atoms with van der Waals surface area (Å²) in [7, 11) is 0. The lowest BCUT2D eigenvalue weighted by molar-refractivity contribution is -0.133. The molecule has 5 nitrogen and oxygen atoms in total. The van der Waals surface area contributed by atoms with E-state index >= 15 is 0 Å². The Kier molecular flexibility index (Phi) is 5.33. The van der Waals surface area contributed by atoms with Crippen LogP contribution in [0.4, 0.5) is 0 Å². The second kappa shape index (κ2) is 8.05. The van der Waals surface area contributed by atoms with E-state index in [1.165, 1.54) is 15.7 Å². The summed E-state index contributed by atoms with van der Waals surface area (Å²) in [6.07, 6.45) is 4.31. The highest BCUT2D eigenvalue weighted by Gasteiger charge is 2.24. The molecule has 2 heterocycles. The molecule has 1 aliphatic heterocycles. The molecule has 0 atom stereocenters. The predicted octanol–water partition coefficient (Wildman–Crippen LogP) is 3.77. The van der Waals surface area contributed by atoms with Gasteiger partial charge in [-0.15, -0.1) is 0 Å². The molecule has 1 saturated heterocycles. The number of nitrogens with zero attached hydrogens (tertiary/aromatic N) is 2. The number of benzene rings is 2. The molecule has 1 fully saturated rings. The summed E-state index contributed by atoms with van der Waals surface area (Å²) in [5, 5.41) is 0. The second-order valence-electron chi connectivity index (χ2n) is 7.77. The van der Waals surface area contributed by atoms with Gasteiger partial charge in [-0.05, 0) is 56.2 Å². The molecular weight excluding hydrogens is 352 g/mol. The van der Waals surface area contributed by atoms with Crippen molar-refractivity contribution in [1.29, 1.82) is 0 Å². The second-order valence-corrected chi connectivity index (χ2v) is 7.77. The zero-order valence-corrected chi connectivity index (χ0v) is 16.3. The van der Waals surface area contributed by atoms with Crippen LogP contribution in [0.15, 0.2) is 57.7 Å². The van der Waals surface area contributed by atoms with Gasteiger partial charge in [-0.25, -0.2) is 4.79 Å². The Morgan fingerprint density at radius 1 is 1.07 bits per heavy atom. The van der Waals surface area contributed by atoms with E-state index in [4.69, 9.17) is 4.42 Å². The number of amides is 1. The van der Waals surface area contributed by atoms with Crippen molar-refractivity contribution in [3.05, 3.63) is 70.2 Å². The summed E-state index contributed by atoms with van der Waals surface area (Å²) in [5.74, 6) is 0.177. The fraction of sp³-hybridized carbons (Fsp3) is 0.391. The van der Waals surface area contributed by atoms with Gasteiger partial charge < -0.3 is 9.32 Å². The summed E-state index contributed by atoms with van der Waals surface area (Å²) < 4.78 is 6.65. The van der Waals surface area contributed by atoms with Crippen LogP contribution < -0.4 is 5.76 Å². The minimum Gasteiger partial charge on any atom is -0.408 e. The molecule has 0 N–H and O–H groups in total. The third-order valence-electron chi connectivity index (χ3n) is 5.80. The Labute approximate surface area is 164 Å². The van der Waals surface area contributed by atoms with E-state index in [1.54, 1.807) is 6.07 Å². The Hall–Kier alpha value is -2.82. The SMILES string of the molecule is Cc1ccc(CCC2CCN(C(=O)Cn3c(=O)oc4ccccc43)CC2)cc1. The van der Waals surface area contributed by atoms with Gasteiger partial charge >= 0.3 is 5.76 Å². The number of aryl methyl sites for hydroxylation is 2. The van der Waals surface area contributed by atoms with Crippen LogP contribution in [0.2, 0.25) is 0 Å². The lowest BCUT2D eigenvalue weighted by Crippen LogP contribution is -2.41. The molecule has 0 spiro atoms. The van der Waals surface area contributed by atoms with Crippen molar-refractivity contribution in [2.75, 3.05) is 13.1 Å². The fourth-order valence-electron chi connectivity index (χ4n) is 4.00. The van der Waals surface area contributed by atoms with Crippen molar-refractivity contribution < 1.29 is 9.21 Å². The standard InChI is InChI=1S/C23H26N2O3/c1-17-6-8-18(9-7-17)10-11-19-12-14-24(15-13-19)22(26)16-25-20-4-2-3-5-21(20)28-23(25)27/h2-9,19H,10-16H2,1H3. The van der Waals surface area contributed by atoms with Crippen molar-refractivity contribution in [3.63, 3.8) is 0 Å². The summed E-state index contributed by atoms with van der Waals surface area (Å²) in [6.45, 7) is 3.69. The van der Waals surface area contributed by atoms with Crippen LogP contribution in [0.25, 0.3) is 11.1 Å². The van der Waals surface area contributed by atoms with Crippen molar-refractivity contribution in [3.8, 4) is 0 Å². The van der Waals surface area contributed by atoms with Gasteiger partial charge in [0, 0.05) is 13.1 Å². The van der Waals surface area contributed by atoms with Crippen molar-refractivity contribution >= 4 is 17.0 Å². The van der Waals surface area contributed by atoms with E-state index in [2.05, 4.69) is 31.2 Å². The number of para-hydroxylation sites is 2. The van der Waals surface area contributed by atoms with E-state index in [-0.39, 0.29) is 12.5 Å². The van der Waals surface area contributed by atoms with Crippen LogP contribution in [0.5, 0.6) is 0 Å². The first kappa shape index (κ1) is 18.5. The van der Waals surface area contributed by atoms with Crippen LogP contribution >= 0.6 is 0 Å². The topological polar surface area (TPSA) is 55.5 Å². The summed E-state index contributed by atoms with van der Waals surface area (Å²) in [5.41, 5.74) is 3.87. The lowest BCUT2D eigenvalue weighted by atomic mass is 9.90. The minimum absolute atomic E-state index is 0.00867. The van der Waals surface area contributed by atoms with Crippen molar-refractivity contribution in [1.82, 2.24) is 9.47 Å². The number of fused-ring (bicyclic) bond motifs is 1. The monoisotopic (exact) mass is 378 g/mol. The van der Waals surface area contributed by atoms with Gasteiger partial charge in [-0.2, -0.15) is 0 Å². The zero-order chi connectivity index (χ0) is 19.5. The maximum Gasteiger partial charge on any atom is 0.420 e. The van der Waals surface area contributed by atoms with Crippen LogP contribution in [0.3, 0.4) is 0 Å². The van der Waals surface area contributed by atoms with Gasteiger partial charge in [0.2, 0.25) is 5.91 Å². The number of piperidine rings is 1. The number of hydrogen-bond donors (Lipinski definition) is 0.